The van der Waals surface area contributed by atoms with Gasteiger partial charge in [0, 0.05) is 6.54 Å². The van der Waals surface area contributed by atoms with Crippen LogP contribution in [-0.4, -0.2) is 30.5 Å². The molecule has 1 aliphatic heterocycles. The highest BCUT2D eigenvalue weighted by Gasteiger charge is 2.34. The monoisotopic (exact) mass is 282 g/mol. The predicted molar refractivity (Wildman–Crippen MR) is 73.1 cm³/mol. The minimum absolute atomic E-state index is 0.0719. The zero-order valence-electron chi connectivity index (χ0n) is 10.0. The SMILES string of the molecule is CS(=O)(=O)N1CCC[C@H]1c1nc2ccccc2s1. The van der Waals surface area contributed by atoms with E-state index in [1.54, 1.807) is 15.6 Å². The van der Waals surface area contributed by atoms with Crippen LogP contribution in [-0.2, 0) is 10.0 Å². The molecule has 2 heterocycles. The van der Waals surface area contributed by atoms with Gasteiger partial charge in [-0.15, -0.1) is 11.3 Å². The van der Waals surface area contributed by atoms with Gasteiger partial charge in [-0.3, -0.25) is 0 Å². The lowest BCUT2D eigenvalue weighted by Crippen LogP contribution is -2.29. The predicted octanol–water partition coefficient (Wildman–Crippen LogP) is 2.39. The first-order chi connectivity index (χ1) is 8.55. The molecule has 96 valence electrons. The molecule has 0 aliphatic carbocycles. The number of thiazole rings is 1. The Bertz CT molecular complexity index is 645. The number of hydrogen-bond donors (Lipinski definition) is 0. The zero-order valence-corrected chi connectivity index (χ0v) is 11.7. The van der Waals surface area contributed by atoms with Crippen LogP contribution < -0.4 is 0 Å². The molecular weight excluding hydrogens is 268 g/mol. The molecular formula is C12H14N2O2S2. The van der Waals surface area contributed by atoms with Gasteiger partial charge in [0.05, 0.1) is 22.5 Å². The van der Waals surface area contributed by atoms with Gasteiger partial charge in [-0.2, -0.15) is 4.31 Å². The highest BCUT2D eigenvalue weighted by atomic mass is 32.2. The van der Waals surface area contributed by atoms with Gasteiger partial charge in [0.25, 0.3) is 0 Å². The maximum Gasteiger partial charge on any atom is 0.211 e. The minimum atomic E-state index is -3.14. The number of benzene rings is 1. The first-order valence-corrected chi connectivity index (χ1v) is 8.54. The van der Waals surface area contributed by atoms with Gasteiger partial charge < -0.3 is 0 Å². The van der Waals surface area contributed by atoms with Crippen LogP contribution in [0, 0.1) is 0 Å². The van der Waals surface area contributed by atoms with E-state index in [1.807, 2.05) is 24.3 Å². The summed E-state index contributed by atoms with van der Waals surface area (Å²) < 4.78 is 26.2. The molecule has 0 N–H and O–H groups in total. The number of fused-ring (bicyclic) bond motifs is 1. The topological polar surface area (TPSA) is 50.3 Å². The molecule has 0 unspecified atom stereocenters. The summed E-state index contributed by atoms with van der Waals surface area (Å²) in [6.07, 6.45) is 3.05. The normalized spacial score (nSPS) is 21.7. The Hall–Kier alpha value is -0.980. The Labute approximate surface area is 110 Å². The Balaban J connectivity index is 2.03. The third-order valence-electron chi connectivity index (χ3n) is 3.23. The maximum atomic E-state index is 11.7. The molecule has 2 aromatic rings. The number of sulfonamides is 1. The minimum Gasteiger partial charge on any atom is -0.239 e. The van der Waals surface area contributed by atoms with Crippen molar-refractivity contribution in [2.24, 2.45) is 0 Å². The molecule has 3 rings (SSSR count). The van der Waals surface area contributed by atoms with E-state index in [-0.39, 0.29) is 6.04 Å². The molecule has 0 saturated carbocycles. The fourth-order valence-corrected chi connectivity index (χ4v) is 4.73. The highest BCUT2D eigenvalue weighted by molar-refractivity contribution is 7.88. The van der Waals surface area contributed by atoms with Gasteiger partial charge in [-0.1, -0.05) is 12.1 Å². The second-order valence-corrected chi connectivity index (χ2v) is 7.55. The lowest BCUT2D eigenvalue weighted by molar-refractivity contribution is 0.400. The molecule has 18 heavy (non-hydrogen) atoms. The summed E-state index contributed by atoms with van der Waals surface area (Å²) in [6, 6.07) is 7.85. The standard InChI is InChI=1S/C12H14N2O2S2/c1-18(15,16)14-8-4-6-10(14)12-13-9-5-2-3-7-11(9)17-12/h2-3,5,7,10H,4,6,8H2,1H3/t10-/m0/s1. The van der Waals surface area contributed by atoms with Crippen molar-refractivity contribution >= 4 is 31.6 Å². The summed E-state index contributed by atoms with van der Waals surface area (Å²) in [6.45, 7) is 0.611. The van der Waals surface area contributed by atoms with Crippen molar-refractivity contribution < 1.29 is 8.42 Å². The van der Waals surface area contributed by atoms with E-state index < -0.39 is 10.0 Å². The van der Waals surface area contributed by atoms with E-state index >= 15 is 0 Å². The Morgan fingerprint density at radius 3 is 2.89 bits per heavy atom. The Kier molecular flexibility index (Phi) is 2.88. The van der Waals surface area contributed by atoms with Crippen molar-refractivity contribution in [2.75, 3.05) is 12.8 Å². The molecule has 1 aromatic heterocycles. The van der Waals surface area contributed by atoms with Gasteiger partial charge in [0.15, 0.2) is 0 Å². The van der Waals surface area contributed by atoms with Crippen molar-refractivity contribution in [3.8, 4) is 0 Å². The second kappa shape index (κ2) is 4.29. The zero-order chi connectivity index (χ0) is 12.8. The van der Waals surface area contributed by atoms with Crippen LogP contribution in [0.3, 0.4) is 0 Å². The fraction of sp³-hybridized carbons (Fsp3) is 0.417. The average molecular weight is 282 g/mol. The Morgan fingerprint density at radius 2 is 2.17 bits per heavy atom. The second-order valence-electron chi connectivity index (χ2n) is 4.55. The van der Waals surface area contributed by atoms with Crippen LogP contribution in [0.15, 0.2) is 24.3 Å². The van der Waals surface area contributed by atoms with E-state index in [4.69, 9.17) is 0 Å². The average Bonchev–Trinajstić information content (AvgIpc) is 2.94. The number of nitrogens with zero attached hydrogens (tertiary/aromatic N) is 2. The lowest BCUT2D eigenvalue weighted by Gasteiger charge is -2.19. The summed E-state index contributed by atoms with van der Waals surface area (Å²) in [4.78, 5) is 4.57. The van der Waals surface area contributed by atoms with Crippen molar-refractivity contribution in [1.29, 1.82) is 0 Å². The van der Waals surface area contributed by atoms with E-state index in [0.29, 0.717) is 6.54 Å². The van der Waals surface area contributed by atoms with E-state index in [2.05, 4.69) is 4.98 Å². The van der Waals surface area contributed by atoms with Crippen LogP contribution in [0.1, 0.15) is 23.9 Å². The molecule has 4 nitrogen and oxygen atoms in total. The number of aromatic nitrogens is 1. The third-order valence-corrected chi connectivity index (χ3v) is 5.65. The first-order valence-electron chi connectivity index (χ1n) is 5.88. The summed E-state index contributed by atoms with van der Waals surface area (Å²) in [7, 11) is -3.14. The number of hydrogen-bond acceptors (Lipinski definition) is 4. The van der Waals surface area contributed by atoms with Crippen molar-refractivity contribution in [3.05, 3.63) is 29.3 Å². The molecule has 1 fully saturated rings. The van der Waals surface area contributed by atoms with Crippen LogP contribution in [0.25, 0.3) is 10.2 Å². The van der Waals surface area contributed by atoms with Gasteiger partial charge in [0.2, 0.25) is 10.0 Å². The molecule has 6 heteroatoms. The van der Waals surface area contributed by atoms with Crippen LogP contribution in [0.4, 0.5) is 0 Å². The third kappa shape index (κ3) is 2.04. The van der Waals surface area contributed by atoms with Crippen molar-refractivity contribution in [1.82, 2.24) is 9.29 Å². The van der Waals surface area contributed by atoms with Crippen LogP contribution in [0.5, 0.6) is 0 Å². The maximum absolute atomic E-state index is 11.7. The van der Waals surface area contributed by atoms with Gasteiger partial charge in [-0.05, 0) is 25.0 Å². The van der Waals surface area contributed by atoms with Crippen molar-refractivity contribution in [3.63, 3.8) is 0 Å². The number of para-hydroxylation sites is 1. The van der Waals surface area contributed by atoms with Gasteiger partial charge in [0.1, 0.15) is 5.01 Å². The fourth-order valence-electron chi connectivity index (χ4n) is 2.42. The highest BCUT2D eigenvalue weighted by Crippen LogP contribution is 2.37. The molecule has 1 aliphatic rings. The summed E-state index contributed by atoms with van der Waals surface area (Å²) >= 11 is 1.60. The van der Waals surface area contributed by atoms with E-state index in [1.165, 1.54) is 6.26 Å². The van der Waals surface area contributed by atoms with E-state index in [9.17, 15) is 8.42 Å². The summed E-state index contributed by atoms with van der Waals surface area (Å²) in [5.41, 5.74) is 0.956. The van der Waals surface area contributed by atoms with Gasteiger partial charge in [-0.25, -0.2) is 13.4 Å². The molecule has 0 radical (unpaired) electrons. The molecule has 0 bridgehead atoms. The molecule has 1 saturated heterocycles. The van der Waals surface area contributed by atoms with Crippen LogP contribution in [0.2, 0.25) is 0 Å². The quantitative estimate of drug-likeness (QED) is 0.850. The smallest absolute Gasteiger partial charge is 0.211 e. The number of rotatable bonds is 2. The molecule has 1 atom stereocenters. The van der Waals surface area contributed by atoms with Gasteiger partial charge >= 0.3 is 0 Å². The largest absolute Gasteiger partial charge is 0.239 e. The van der Waals surface area contributed by atoms with Crippen LogP contribution >= 0.6 is 11.3 Å². The Morgan fingerprint density at radius 1 is 1.39 bits per heavy atom. The summed E-state index contributed by atoms with van der Waals surface area (Å²) in [5, 5.41) is 0.916. The molecule has 0 amide bonds. The van der Waals surface area contributed by atoms with E-state index in [0.717, 1.165) is 28.1 Å². The summed E-state index contributed by atoms with van der Waals surface area (Å²) in [5.74, 6) is 0. The first kappa shape index (κ1) is 12.1. The molecule has 1 aromatic carbocycles. The molecule has 0 spiro atoms. The van der Waals surface area contributed by atoms with Crippen molar-refractivity contribution in [2.45, 2.75) is 18.9 Å². The lowest BCUT2D eigenvalue weighted by atomic mass is 10.2.